The summed E-state index contributed by atoms with van der Waals surface area (Å²) in [6, 6.07) is 0.531. The fourth-order valence-electron chi connectivity index (χ4n) is 3.99. The van der Waals surface area contributed by atoms with E-state index in [0.717, 1.165) is 0 Å². The molecule has 2 heteroatoms. The molecule has 0 radical (unpaired) electrons. The minimum Gasteiger partial charge on any atom is -0.312 e. The largest absolute Gasteiger partial charge is 0.312 e. The quantitative estimate of drug-likeness (QED) is 0.770. The van der Waals surface area contributed by atoms with Crippen molar-refractivity contribution >= 4 is 0 Å². The Balaban J connectivity index is 2.21. The topological polar surface area (TPSA) is 15.3 Å². The van der Waals surface area contributed by atoms with Crippen LogP contribution < -0.4 is 5.32 Å². The lowest BCUT2D eigenvalue weighted by molar-refractivity contribution is 0.0519. The van der Waals surface area contributed by atoms with E-state index in [4.69, 9.17) is 0 Å². The predicted molar refractivity (Wildman–Crippen MR) is 78.9 cm³/mol. The maximum Gasteiger partial charge on any atom is 0.0436 e. The number of nitrogens with zero attached hydrogens (tertiary/aromatic N) is 1. The average Bonchev–Trinajstić information content (AvgIpc) is 2.87. The summed E-state index contributed by atoms with van der Waals surface area (Å²) in [5, 5.41) is 3.60. The van der Waals surface area contributed by atoms with Crippen molar-refractivity contribution in [2.24, 2.45) is 0 Å². The van der Waals surface area contributed by atoms with Gasteiger partial charge in [0.25, 0.3) is 0 Å². The molecule has 0 amide bonds. The molecule has 1 aliphatic carbocycles. The summed E-state index contributed by atoms with van der Waals surface area (Å²) in [5.41, 5.74) is 1.85. The van der Waals surface area contributed by atoms with Crippen LogP contribution in [0.2, 0.25) is 0 Å². The van der Waals surface area contributed by atoms with Gasteiger partial charge in [-0.1, -0.05) is 30.9 Å². The third-order valence-corrected chi connectivity index (χ3v) is 4.85. The molecule has 1 heterocycles. The fraction of sp³-hybridized carbons (Fsp3) is 0.875. The highest BCUT2D eigenvalue weighted by molar-refractivity contribution is 5.14. The van der Waals surface area contributed by atoms with E-state index in [-0.39, 0.29) is 0 Å². The van der Waals surface area contributed by atoms with E-state index in [1.54, 1.807) is 0 Å². The molecule has 2 aliphatic rings. The van der Waals surface area contributed by atoms with Gasteiger partial charge >= 0.3 is 0 Å². The van der Waals surface area contributed by atoms with Crippen LogP contribution in [0.15, 0.2) is 11.6 Å². The molecule has 2 fully saturated rings. The molecule has 1 saturated heterocycles. The fourth-order valence-corrected chi connectivity index (χ4v) is 3.99. The predicted octanol–water partition coefficient (Wildman–Crippen LogP) is 3.34. The van der Waals surface area contributed by atoms with E-state index in [1.807, 2.05) is 0 Å². The Kier molecular flexibility index (Phi) is 4.85. The van der Waals surface area contributed by atoms with Gasteiger partial charge in [-0.05, 0) is 59.7 Å². The second kappa shape index (κ2) is 6.21. The first-order valence-corrected chi connectivity index (χ1v) is 7.76. The number of rotatable bonds is 4. The maximum absolute atomic E-state index is 3.60. The van der Waals surface area contributed by atoms with Crippen molar-refractivity contribution in [3.05, 3.63) is 11.6 Å². The highest BCUT2D eigenvalue weighted by atomic mass is 15.2. The van der Waals surface area contributed by atoms with Crippen molar-refractivity contribution in [3.63, 3.8) is 0 Å². The molecule has 0 aromatic carbocycles. The number of likely N-dealkylation sites (tertiary alicyclic amines) is 1. The number of nitrogens with one attached hydrogen (secondary N) is 1. The minimum absolute atomic E-state index is 0.409. The van der Waals surface area contributed by atoms with Gasteiger partial charge in [-0.25, -0.2) is 0 Å². The summed E-state index contributed by atoms with van der Waals surface area (Å²) >= 11 is 0. The molecule has 1 atom stereocenters. The zero-order valence-electron chi connectivity index (χ0n) is 12.5. The second-order valence-electron chi connectivity index (χ2n) is 6.37. The first kappa shape index (κ1) is 14.1. The van der Waals surface area contributed by atoms with E-state index in [2.05, 4.69) is 37.2 Å². The van der Waals surface area contributed by atoms with Gasteiger partial charge < -0.3 is 5.32 Å². The number of hydrogen-bond donors (Lipinski definition) is 1. The number of allylic oxidation sites excluding steroid dienone is 1. The minimum atomic E-state index is 0.409. The normalized spacial score (nSPS) is 25.9. The lowest BCUT2D eigenvalue weighted by Gasteiger charge is -2.47. The Morgan fingerprint density at radius 1 is 1.06 bits per heavy atom. The lowest BCUT2D eigenvalue weighted by atomic mass is 9.83. The van der Waals surface area contributed by atoms with Gasteiger partial charge in [-0.15, -0.1) is 0 Å². The maximum atomic E-state index is 3.60. The zero-order chi connectivity index (χ0) is 13.0. The van der Waals surface area contributed by atoms with Crippen molar-refractivity contribution in [1.29, 1.82) is 0 Å². The number of hydrogen-bond acceptors (Lipinski definition) is 2. The smallest absolute Gasteiger partial charge is 0.0436 e. The molecule has 1 unspecified atom stereocenters. The van der Waals surface area contributed by atoms with Crippen LogP contribution in [-0.2, 0) is 0 Å². The molecule has 0 spiro atoms. The third kappa shape index (κ3) is 2.80. The van der Waals surface area contributed by atoms with Gasteiger partial charge in [0.2, 0.25) is 0 Å². The van der Waals surface area contributed by atoms with Gasteiger partial charge in [0.1, 0.15) is 0 Å². The van der Waals surface area contributed by atoms with Gasteiger partial charge in [0, 0.05) is 11.6 Å². The highest BCUT2D eigenvalue weighted by Gasteiger charge is 2.44. The molecule has 1 N–H and O–H groups in total. The first-order chi connectivity index (χ1) is 8.69. The summed E-state index contributed by atoms with van der Waals surface area (Å²) in [6.45, 7) is 7.08. The molecule has 0 aromatic rings. The van der Waals surface area contributed by atoms with Crippen LogP contribution in [0.4, 0.5) is 0 Å². The summed E-state index contributed by atoms with van der Waals surface area (Å²) in [6.07, 6.45) is 12.3. The van der Waals surface area contributed by atoms with Crippen LogP contribution in [0.1, 0.15) is 58.8 Å². The van der Waals surface area contributed by atoms with Gasteiger partial charge in [0.15, 0.2) is 0 Å². The van der Waals surface area contributed by atoms with E-state index in [1.165, 1.54) is 63.6 Å². The summed E-state index contributed by atoms with van der Waals surface area (Å²) < 4.78 is 0. The van der Waals surface area contributed by atoms with Crippen molar-refractivity contribution in [3.8, 4) is 0 Å². The van der Waals surface area contributed by atoms with Crippen LogP contribution in [0.3, 0.4) is 0 Å². The van der Waals surface area contributed by atoms with E-state index >= 15 is 0 Å². The molecule has 2 rings (SSSR count). The van der Waals surface area contributed by atoms with Crippen molar-refractivity contribution < 1.29 is 0 Å². The van der Waals surface area contributed by atoms with Crippen LogP contribution in [0, 0.1) is 0 Å². The Morgan fingerprint density at radius 3 is 2.17 bits per heavy atom. The standard InChI is InChI=1S/C16H30N2/c1-14(2)13-15(17-3)16(9-5-6-10-16)18-11-7-4-8-12-18/h13,15,17H,4-12H2,1-3H3. The molecule has 1 aliphatic heterocycles. The third-order valence-electron chi connectivity index (χ3n) is 4.85. The molecule has 0 bridgehead atoms. The molecule has 1 saturated carbocycles. The van der Waals surface area contributed by atoms with Crippen LogP contribution in [0.25, 0.3) is 0 Å². The Morgan fingerprint density at radius 2 is 1.67 bits per heavy atom. The molecular formula is C16H30N2. The average molecular weight is 250 g/mol. The molecule has 2 nitrogen and oxygen atoms in total. The summed E-state index contributed by atoms with van der Waals surface area (Å²) in [5.74, 6) is 0. The van der Waals surface area contributed by atoms with E-state index in [9.17, 15) is 0 Å². The molecule has 0 aromatic heterocycles. The van der Waals surface area contributed by atoms with Crippen LogP contribution >= 0.6 is 0 Å². The van der Waals surface area contributed by atoms with Crippen molar-refractivity contribution in [1.82, 2.24) is 10.2 Å². The monoisotopic (exact) mass is 250 g/mol. The molecule has 18 heavy (non-hydrogen) atoms. The molecular weight excluding hydrogens is 220 g/mol. The van der Waals surface area contributed by atoms with Gasteiger partial charge in [-0.2, -0.15) is 0 Å². The van der Waals surface area contributed by atoms with E-state index < -0.39 is 0 Å². The Bertz CT molecular complexity index is 279. The van der Waals surface area contributed by atoms with Gasteiger partial charge in [-0.3, -0.25) is 4.90 Å². The summed E-state index contributed by atoms with van der Waals surface area (Å²) in [7, 11) is 2.13. The molecule has 104 valence electrons. The van der Waals surface area contributed by atoms with Crippen molar-refractivity contribution in [2.45, 2.75) is 70.4 Å². The second-order valence-corrected chi connectivity index (χ2v) is 6.37. The van der Waals surface area contributed by atoms with Crippen LogP contribution in [-0.4, -0.2) is 36.6 Å². The van der Waals surface area contributed by atoms with Gasteiger partial charge in [0.05, 0.1) is 0 Å². The SMILES string of the molecule is CNC(C=C(C)C)C1(N2CCCCC2)CCCC1. The number of piperidine rings is 1. The van der Waals surface area contributed by atoms with E-state index in [0.29, 0.717) is 11.6 Å². The summed E-state index contributed by atoms with van der Waals surface area (Å²) in [4.78, 5) is 2.81. The zero-order valence-corrected chi connectivity index (χ0v) is 12.5. The Labute approximate surface area is 113 Å². The van der Waals surface area contributed by atoms with Crippen LogP contribution in [0.5, 0.6) is 0 Å². The highest BCUT2D eigenvalue weighted by Crippen LogP contribution is 2.40. The lowest BCUT2D eigenvalue weighted by Crippen LogP contribution is -2.59. The van der Waals surface area contributed by atoms with Crippen molar-refractivity contribution in [2.75, 3.05) is 20.1 Å². The number of likely N-dealkylation sites (N-methyl/N-ethyl adjacent to an activating group) is 1. The Hall–Kier alpha value is -0.340. The first-order valence-electron chi connectivity index (χ1n) is 7.76.